The molecule has 2 rings (SSSR count). The Bertz CT molecular complexity index is 657. The van der Waals surface area contributed by atoms with Crippen LogP contribution in [0, 0.1) is 0 Å². The van der Waals surface area contributed by atoms with Gasteiger partial charge in [-0.2, -0.15) is 0 Å². The topological polar surface area (TPSA) is 80.0 Å². The number of rotatable bonds is 6. The van der Waals surface area contributed by atoms with Crippen LogP contribution in [0.3, 0.4) is 0 Å². The Morgan fingerprint density at radius 2 is 2.18 bits per heavy atom. The minimum absolute atomic E-state index is 0.0728. The Kier molecular flexibility index (Phi) is 5.51. The summed E-state index contributed by atoms with van der Waals surface area (Å²) >= 11 is 6.20. The Morgan fingerprint density at radius 3 is 2.82 bits per heavy atom. The molecule has 0 radical (unpaired) electrons. The first-order valence-electron chi connectivity index (χ1n) is 7.19. The zero-order valence-corrected chi connectivity index (χ0v) is 13.3. The molecule has 1 aromatic carbocycles. The lowest BCUT2D eigenvalue weighted by Gasteiger charge is -2.08. The van der Waals surface area contributed by atoms with Gasteiger partial charge in [-0.1, -0.05) is 30.7 Å². The zero-order valence-electron chi connectivity index (χ0n) is 12.6. The highest BCUT2D eigenvalue weighted by atomic mass is 35.5. The van der Waals surface area contributed by atoms with Gasteiger partial charge >= 0.3 is 0 Å². The van der Waals surface area contributed by atoms with Gasteiger partial charge in [-0.15, -0.1) is 5.10 Å². The van der Waals surface area contributed by atoms with Crippen molar-refractivity contribution in [2.45, 2.75) is 32.7 Å². The van der Waals surface area contributed by atoms with Crippen molar-refractivity contribution in [3.63, 3.8) is 0 Å². The number of benzene rings is 1. The average molecular weight is 323 g/mol. The summed E-state index contributed by atoms with van der Waals surface area (Å²) < 4.78 is 1.60. The SMILES string of the molecule is CCCc1nc(C(=O)NC(C)CO)nn1-c1ccccc1Cl. The molecule has 0 aliphatic rings. The molecule has 0 spiro atoms. The molecule has 118 valence electrons. The third kappa shape index (κ3) is 3.64. The van der Waals surface area contributed by atoms with E-state index in [1.54, 1.807) is 17.7 Å². The normalized spacial score (nSPS) is 12.2. The predicted molar refractivity (Wildman–Crippen MR) is 84.4 cm³/mol. The molecule has 22 heavy (non-hydrogen) atoms. The summed E-state index contributed by atoms with van der Waals surface area (Å²) in [6.45, 7) is 3.59. The van der Waals surface area contributed by atoms with Gasteiger partial charge in [0, 0.05) is 12.5 Å². The average Bonchev–Trinajstić information content (AvgIpc) is 2.92. The van der Waals surface area contributed by atoms with Crippen LogP contribution in [0.2, 0.25) is 5.02 Å². The highest BCUT2D eigenvalue weighted by molar-refractivity contribution is 6.32. The second kappa shape index (κ2) is 7.38. The molecule has 1 unspecified atom stereocenters. The van der Waals surface area contributed by atoms with Gasteiger partial charge in [0.25, 0.3) is 5.91 Å². The molecule has 7 heteroatoms. The molecule has 2 N–H and O–H groups in total. The highest BCUT2D eigenvalue weighted by Crippen LogP contribution is 2.21. The fourth-order valence-corrected chi connectivity index (χ4v) is 2.19. The molecule has 0 saturated carbocycles. The molecule has 1 amide bonds. The molecule has 0 fully saturated rings. The minimum atomic E-state index is -0.412. The first-order valence-corrected chi connectivity index (χ1v) is 7.57. The molecule has 1 atom stereocenters. The molecule has 0 aliphatic carbocycles. The number of aliphatic hydroxyl groups is 1. The fourth-order valence-electron chi connectivity index (χ4n) is 1.98. The van der Waals surface area contributed by atoms with E-state index in [9.17, 15) is 4.79 Å². The molecule has 0 bridgehead atoms. The smallest absolute Gasteiger partial charge is 0.291 e. The highest BCUT2D eigenvalue weighted by Gasteiger charge is 2.19. The summed E-state index contributed by atoms with van der Waals surface area (Å²) in [5, 5.41) is 16.5. The van der Waals surface area contributed by atoms with Crippen LogP contribution < -0.4 is 5.32 Å². The summed E-state index contributed by atoms with van der Waals surface area (Å²) in [5.41, 5.74) is 0.689. The largest absolute Gasteiger partial charge is 0.394 e. The number of aromatic nitrogens is 3. The molecule has 6 nitrogen and oxygen atoms in total. The third-order valence-electron chi connectivity index (χ3n) is 3.08. The van der Waals surface area contributed by atoms with E-state index in [0.717, 1.165) is 6.42 Å². The van der Waals surface area contributed by atoms with E-state index >= 15 is 0 Å². The Balaban J connectivity index is 2.38. The summed E-state index contributed by atoms with van der Waals surface area (Å²) in [6, 6.07) is 6.93. The lowest BCUT2D eigenvalue weighted by atomic mass is 10.3. The van der Waals surface area contributed by atoms with E-state index < -0.39 is 5.91 Å². The number of hydrogen-bond acceptors (Lipinski definition) is 4. The lowest BCUT2D eigenvalue weighted by molar-refractivity contribution is 0.0912. The number of hydrogen-bond donors (Lipinski definition) is 2. The molecule has 1 aromatic heterocycles. The quantitative estimate of drug-likeness (QED) is 0.852. The Morgan fingerprint density at radius 1 is 1.45 bits per heavy atom. The van der Waals surface area contributed by atoms with Gasteiger partial charge in [-0.05, 0) is 25.5 Å². The number of aliphatic hydroxyl groups excluding tert-OH is 1. The number of amides is 1. The number of halogens is 1. The van der Waals surface area contributed by atoms with Crippen LogP contribution in [-0.2, 0) is 6.42 Å². The van der Waals surface area contributed by atoms with Crippen LogP contribution in [0.4, 0.5) is 0 Å². The van der Waals surface area contributed by atoms with Gasteiger partial charge in [0.05, 0.1) is 17.3 Å². The number of nitrogens with one attached hydrogen (secondary N) is 1. The van der Waals surface area contributed by atoms with Gasteiger partial charge in [-0.25, -0.2) is 9.67 Å². The maximum absolute atomic E-state index is 12.1. The summed E-state index contributed by atoms with van der Waals surface area (Å²) in [5.74, 6) is 0.339. The lowest BCUT2D eigenvalue weighted by Crippen LogP contribution is -2.35. The Labute approximate surface area is 134 Å². The van der Waals surface area contributed by atoms with E-state index in [2.05, 4.69) is 15.4 Å². The van der Waals surface area contributed by atoms with Crippen molar-refractivity contribution in [2.24, 2.45) is 0 Å². The molecule has 0 aliphatic heterocycles. The van der Waals surface area contributed by atoms with Crippen LogP contribution in [0.1, 0.15) is 36.7 Å². The van der Waals surface area contributed by atoms with E-state index in [1.165, 1.54) is 0 Å². The number of para-hydroxylation sites is 1. The van der Waals surface area contributed by atoms with Crippen LogP contribution >= 0.6 is 11.6 Å². The van der Waals surface area contributed by atoms with Gasteiger partial charge in [0.1, 0.15) is 5.82 Å². The van der Waals surface area contributed by atoms with Crippen LogP contribution in [0.25, 0.3) is 5.69 Å². The second-order valence-corrected chi connectivity index (χ2v) is 5.43. The fraction of sp³-hybridized carbons (Fsp3) is 0.400. The van der Waals surface area contributed by atoms with Gasteiger partial charge in [-0.3, -0.25) is 4.79 Å². The summed E-state index contributed by atoms with van der Waals surface area (Å²) in [6.07, 6.45) is 1.55. The van der Waals surface area contributed by atoms with Crippen molar-refractivity contribution in [3.05, 3.63) is 40.9 Å². The zero-order chi connectivity index (χ0) is 16.1. The van der Waals surface area contributed by atoms with Crippen LogP contribution in [0.5, 0.6) is 0 Å². The predicted octanol–water partition coefficient (Wildman–Crippen LogP) is 1.98. The number of aryl methyl sites for hydroxylation is 1. The maximum Gasteiger partial charge on any atom is 0.291 e. The number of carbonyl (C=O) groups excluding carboxylic acids is 1. The molecule has 0 saturated heterocycles. The summed E-state index contributed by atoms with van der Waals surface area (Å²) in [4.78, 5) is 16.4. The van der Waals surface area contributed by atoms with E-state index in [4.69, 9.17) is 16.7 Å². The van der Waals surface area contributed by atoms with Crippen molar-refractivity contribution in [3.8, 4) is 5.69 Å². The van der Waals surface area contributed by atoms with Crippen molar-refractivity contribution < 1.29 is 9.90 Å². The first-order chi connectivity index (χ1) is 10.6. The van der Waals surface area contributed by atoms with Crippen molar-refractivity contribution in [1.82, 2.24) is 20.1 Å². The van der Waals surface area contributed by atoms with E-state index in [-0.39, 0.29) is 18.5 Å². The van der Waals surface area contributed by atoms with Crippen molar-refractivity contribution >= 4 is 17.5 Å². The van der Waals surface area contributed by atoms with Crippen LogP contribution in [0.15, 0.2) is 24.3 Å². The standard InChI is InChI=1S/C15H19ClN4O2/c1-3-6-13-18-14(15(22)17-10(2)9-21)19-20(13)12-8-5-4-7-11(12)16/h4-5,7-8,10,21H,3,6,9H2,1-2H3,(H,17,22). The van der Waals surface area contributed by atoms with Gasteiger partial charge < -0.3 is 10.4 Å². The van der Waals surface area contributed by atoms with Gasteiger partial charge in [0.2, 0.25) is 5.82 Å². The van der Waals surface area contributed by atoms with E-state index in [0.29, 0.717) is 23.0 Å². The number of nitrogens with zero attached hydrogens (tertiary/aromatic N) is 3. The Hall–Kier alpha value is -1.92. The monoisotopic (exact) mass is 322 g/mol. The maximum atomic E-state index is 12.1. The van der Waals surface area contributed by atoms with E-state index in [1.807, 2.05) is 25.1 Å². The van der Waals surface area contributed by atoms with Crippen LogP contribution in [-0.4, -0.2) is 38.4 Å². The van der Waals surface area contributed by atoms with Crippen molar-refractivity contribution in [1.29, 1.82) is 0 Å². The molecule has 1 heterocycles. The first kappa shape index (κ1) is 16.5. The minimum Gasteiger partial charge on any atom is -0.394 e. The number of carbonyl (C=O) groups is 1. The molecular weight excluding hydrogens is 304 g/mol. The van der Waals surface area contributed by atoms with Gasteiger partial charge in [0.15, 0.2) is 0 Å². The molecule has 2 aromatic rings. The van der Waals surface area contributed by atoms with Crippen molar-refractivity contribution in [2.75, 3.05) is 6.61 Å². The third-order valence-corrected chi connectivity index (χ3v) is 3.40. The summed E-state index contributed by atoms with van der Waals surface area (Å²) in [7, 11) is 0. The second-order valence-electron chi connectivity index (χ2n) is 5.02. The molecular formula is C15H19ClN4O2.